The van der Waals surface area contributed by atoms with Crippen LogP contribution >= 0.6 is 0 Å². The Bertz CT molecular complexity index is 968. The lowest BCUT2D eigenvalue weighted by Gasteiger charge is -2.38. The van der Waals surface area contributed by atoms with Crippen molar-refractivity contribution in [3.05, 3.63) is 24.0 Å². The molecule has 2 fully saturated rings. The lowest BCUT2D eigenvalue weighted by molar-refractivity contribution is 0.258. The van der Waals surface area contributed by atoms with Crippen LogP contribution in [0.5, 0.6) is 0 Å². The molecule has 0 spiro atoms. The Hall–Kier alpha value is -2.11. The van der Waals surface area contributed by atoms with Crippen LogP contribution in [-0.4, -0.2) is 48.1 Å². The van der Waals surface area contributed by atoms with E-state index in [2.05, 4.69) is 21.4 Å². The molecule has 2 saturated carbocycles. The fourth-order valence-corrected chi connectivity index (χ4v) is 5.58. The molecule has 4 rings (SSSR count). The predicted molar refractivity (Wildman–Crippen MR) is 105 cm³/mol. The largest absolute Gasteiger partial charge is 0.381 e. The average Bonchev–Trinajstić information content (AvgIpc) is 3.04. The molecule has 0 unspecified atom stereocenters. The summed E-state index contributed by atoms with van der Waals surface area (Å²) < 4.78 is 26.7. The molecule has 0 radical (unpaired) electrons. The Kier molecular flexibility index (Phi) is 4.82. The molecule has 0 atom stereocenters. The summed E-state index contributed by atoms with van der Waals surface area (Å²) in [6, 6.07) is 4.28. The third-order valence-electron chi connectivity index (χ3n) is 5.95. The minimum atomic E-state index is -3.19. The molecule has 0 bridgehead atoms. The Labute approximate surface area is 159 Å². The van der Waals surface area contributed by atoms with Gasteiger partial charge in [-0.3, -0.25) is 0 Å². The van der Waals surface area contributed by atoms with Gasteiger partial charge in [0.1, 0.15) is 11.7 Å². The van der Waals surface area contributed by atoms with Crippen molar-refractivity contribution in [3.63, 3.8) is 0 Å². The van der Waals surface area contributed by atoms with Crippen LogP contribution in [0.15, 0.2) is 18.5 Å². The van der Waals surface area contributed by atoms with Crippen LogP contribution in [0.3, 0.4) is 0 Å². The topological polar surface area (TPSA) is 102 Å². The van der Waals surface area contributed by atoms with Gasteiger partial charge in [-0.1, -0.05) is 6.42 Å². The number of fused-ring (bicyclic) bond motifs is 1. The lowest BCUT2D eigenvalue weighted by Crippen LogP contribution is -2.43. The zero-order valence-electron chi connectivity index (χ0n) is 15.5. The van der Waals surface area contributed by atoms with Gasteiger partial charge in [0.05, 0.1) is 17.0 Å². The number of hydrogen-bond acceptors (Lipinski definition) is 5. The van der Waals surface area contributed by atoms with E-state index in [0.717, 1.165) is 42.4 Å². The molecular formula is C19H25N5O2S. The molecule has 2 N–H and O–H groups in total. The van der Waals surface area contributed by atoms with Crippen LogP contribution in [0.1, 0.15) is 37.7 Å². The van der Waals surface area contributed by atoms with Crippen LogP contribution in [0.2, 0.25) is 0 Å². The van der Waals surface area contributed by atoms with Gasteiger partial charge in [0.2, 0.25) is 10.0 Å². The first-order valence-electron chi connectivity index (χ1n) is 9.53. The van der Waals surface area contributed by atoms with Crippen LogP contribution in [-0.2, 0) is 10.0 Å². The summed E-state index contributed by atoms with van der Waals surface area (Å²) in [6.07, 6.45) is 8.50. The van der Waals surface area contributed by atoms with Gasteiger partial charge in [-0.15, -0.1) is 0 Å². The number of aromatic amines is 1. The summed E-state index contributed by atoms with van der Waals surface area (Å²) in [7, 11) is -1.48. The van der Waals surface area contributed by atoms with E-state index < -0.39 is 10.0 Å². The number of pyridine rings is 1. The smallest absolute Gasteiger partial charge is 0.214 e. The van der Waals surface area contributed by atoms with Crippen molar-refractivity contribution in [3.8, 4) is 6.07 Å². The number of sulfonamides is 1. The van der Waals surface area contributed by atoms with Gasteiger partial charge >= 0.3 is 0 Å². The molecule has 2 aromatic rings. The van der Waals surface area contributed by atoms with Gasteiger partial charge in [-0.2, -0.15) is 5.26 Å². The first-order valence-corrected chi connectivity index (χ1v) is 11.1. The molecule has 2 heterocycles. The van der Waals surface area contributed by atoms with Crippen molar-refractivity contribution in [2.75, 3.05) is 24.7 Å². The molecule has 0 aromatic carbocycles. The summed E-state index contributed by atoms with van der Waals surface area (Å²) in [4.78, 5) is 7.29. The number of hydrogen-bond donors (Lipinski definition) is 2. The normalized spacial score (nSPS) is 23.0. The molecular weight excluding hydrogens is 362 g/mol. The highest BCUT2D eigenvalue weighted by atomic mass is 32.2. The van der Waals surface area contributed by atoms with Gasteiger partial charge < -0.3 is 10.3 Å². The maximum Gasteiger partial charge on any atom is 0.214 e. The highest BCUT2D eigenvalue weighted by Crippen LogP contribution is 2.35. The second-order valence-electron chi connectivity index (χ2n) is 7.93. The monoisotopic (exact) mass is 387 g/mol. The van der Waals surface area contributed by atoms with E-state index in [0.29, 0.717) is 18.0 Å². The van der Waals surface area contributed by atoms with Crippen molar-refractivity contribution >= 4 is 26.7 Å². The number of rotatable bonds is 7. The number of aromatic nitrogens is 2. The van der Waals surface area contributed by atoms with E-state index in [4.69, 9.17) is 0 Å². The summed E-state index contributed by atoms with van der Waals surface area (Å²) in [5.74, 6) is 0.931. The fraction of sp³-hybridized carbons (Fsp3) is 0.579. The number of anilines is 1. The number of nitriles is 1. The molecule has 0 saturated heterocycles. The zero-order valence-corrected chi connectivity index (χ0v) is 16.3. The number of H-pyrrole nitrogens is 1. The molecule has 2 aliphatic rings. The van der Waals surface area contributed by atoms with Crippen LogP contribution in [0.4, 0.5) is 5.69 Å². The van der Waals surface area contributed by atoms with Gasteiger partial charge in [-0.25, -0.2) is 17.7 Å². The van der Waals surface area contributed by atoms with Crippen LogP contribution in [0, 0.1) is 23.2 Å². The third kappa shape index (κ3) is 3.66. The van der Waals surface area contributed by atoms with E-state index in [1.165, 1.54) is 6.42 Å². The summed E-state index contributed by atoms with van der Waals surface area (Å²) in [5, 5.41) is 13.7. The minimum Gasteiger partial charge on any atom is -0.381 e. The molecule has 144 valence electrons. The highest BCUT2D eigenvalue weighted by Gasteiger charge is 2.35. The highest BCUT2D eigenvalue weighted by molar-refractivity contribution is 7.89. The maximum absolute atomic E-state index is 12.6. The van der Waals surface area contributed by atoms with E-state index in [1.807, 2.05) is 6.07 Å². The van der Waals surface area contributed by atoms with Crippen LogP contribution < -0.4 is 5.32 Å². The Morgan fingerprint density at radius 3 is 2.81 bits per heavy atom. The van der Waals surface area contributed by atoms with Crippen molar-refractivity contribution in [2.45, 2.75) is 38.1 Å². The lowest BCUT2D eigenvalue weighted by atomic mass is 9.81. The quantitative estimate of drug-likeness (QED) is 0.760. The van der Waals surface area contributed by atoms with Gasteiger partial charge in [0.15, 0.2) is 0 Å². The SMILES string of the molecule is CN(CC1CCC1)S(=O)(=O)CC1CC(Nc2c(C#N)cnc3[nH]ccc23)C1. The molecule has 0 aliphatic heterocycles. The van der Waals surface area contributed by atoms with Gasteiger partial charge in [-0.05, 0) is 43.6 Å². The third-order valence-corrected chi connectivity index (χ3v) is 7.94. The molecule has 7 nitrogen and oxygen atoms in total. The zero-order chi connectivity index (χ0) is 19.0. The Morgan fingerprint density at radius 1 is 1.37 bits per heavy atom. The first-order chi connectivity index (χ1) is 13.0. The molecule has 8 heteroatoms. The Morgan fingerprint density at radius 2 is 2.15 bits per heavy atom. The minimum absolute atomic E-state index is 0.172. The van der Waals surface area contributed by atoms with Crippen LogP contribution in [0.25, 0.3) is 11.0 Å². The fourth-order valence-electron chi connectivity index (χ4n) is 4.02. The van der Waals surface area contributed by atoms with Crippen molar-refractivity contribution in [1.82, 2.24) is 14.3 Å². The molecule has 2 aromatic heterocycles. The number of nitrogens with zero attached hydrogens (tertiary/aromatic N) is 3. The standard InChI is InChI=1S/C19H25N5O2S/c1-24(11-13-3-2-4-13)27(25,26)12-14-7-16(8-14)23-18-15(9-20)10-22-19-17(18)5-6-21-19/h5-6,10,13-14,16H,2-4,7-8,11-12H2,1H3,(H2,21,22,23). The van der Waals surface area contributed by atoms with E-state index in [1.54, 1.807) is 23.7 Å². The molecule has 0 amide bonds. The Balaban J connectivity index is 1.35. The second-order valence-corrected chi connectivity index (χ2v) is 10.1. The molecule has 27 heavy (non-hydrogen) atoms. The first kappa shape index (κ1) is 18.3. The maximum atomic E-state index is 12.6. The second kappa shape index (κ2) is 7.13. The van der Waals surface area contributed by atoms with E-state index >= 15 is 0 Å². The van der Waals surface area contributed by atoms with Crippen molar-refractivity contribution in [2.24, 2.45) is 11.8 Å². The van der Waals surface area contributed by atoms with Crippen molar-refractivity contribution < 1.29 is 8.42 Å². The van der Waals surface area contributed by atoms with E-state index in [-0.39, 0.29) is 17.7 Å². The number of nitrogens with one attached hydrogen (secondary N) is 2. The van der Waals surface area contributed by atoms with Gasteiger partial charge in [0.25, 0.3) is 0 Å². The van der Waals surface area contributed by atoms with Crippen molar-refractivity contribution in [1.29, 1.82) is 5.26 Å². The summed E-state index contributed by atoms with van der Waals surface area (Å²) >= 11 is 0. The molecule has 2 aliphatic carbocycles. The van der Waals surface area contributed by atoms with E-state index in [9.17, 15) is 13.7 Å². The summed E-state index contributed by atoms with van der Waals surface area (Å²) in [5.41, 5.74) is 2.04. The predicted octanol–water partition coefficient (Wildman–Crippen LogP) is 2.69. The average molecular weight is 388 g/mol. The van der Waals surface area contributed by atoms with Gasteiger partial charge in [0, 0.05) is 37.4 Å². The summed E-state index contributed by atoms with van der Waals surface area (Å²) in [6.45, 7) is 0.657.